The van der Waals surface area contributed by atoms with Gasteiger partial charge in [-0.15, -0.1) is 0 Å². The first-order valence-corrected chi connectivity index (χ1v) is 17.5. The Kier molecular flexibility index (Phi) is 15.6. The standard InChI is InChI=1S/C23H42O11SSi2/c1-15(24)29-14-19-20(30-16(2)25)21(31-17(3)26)22(32-18(4)27)23(33-19)28-10-7-8-11-35-12-9-13-37(5,6)34-36/h19-23H,7-14H2,1-6,36H3/t19?,20-,21-,22?,23-/m1/s1. The quantitative estimate of drug-likeness (QED) is 0.113. The summed E-state index contributed by atoms with van der Waals surface area (Å²) in [4.78, 5) is 46.9. The number of ether oxygens (including phenoxy) is 6. The molecule has 11 nitrogen and oxygen atoms in total. The van der Waals surface area contributed by atoms with Gasteiger partial charge in [-0.2, -0.15) is 11.8 Å². The number of carbonyl (C=O) groups is 4. The summed E-state index contributed by atoms with van der Waals surface area (Å²) in [5.41, 5.74) is 0. The van der Waals surface area contributed by atoms with Crippen molar-refractivity contribution in [2.75, 3.05) is 24.7 Å². The highest BCUT2D eigenvalue weighted by atomic mass is 32.2. The third-order valence-corrected chi connectivity index (χ3v) is 12.7. The van der Waals surface area contributed by atoms with E-state index in [0.29, 0.717) is 6.61 Å². The lowest BCUT2D eigenvalue weighted by molar-refractivity contribution is -0.308. The SMILES string of the molecule is CC(=O)OCC1O[C@@H](OCCCCSCCC[Si](C)(C)O[SiH3])C(OC(C)=O)[C@H](OC(C)=O)[C@@H]1OC(C)=O. The number of thioether (sulfide) groups is 1. The predicted octanol–water partition coefficient (Wildman–Crippen LogP) is 1.49. The first-order valence-electron chi connectivity index (χ1n) is 12.4. The van der Waals surface area contributed by atoms with Gasteiger partial charge in [-0.1, -0.05) is 0 Å². The minimum absolute atomic E-state index is 0.279. The molecular weight excluding hydrogens is 540 g/mol. The van der Waals surface area contributed by atoms with Crippen LogP contribution in [0.2, 0.25) is 19.1 Å². The van der Waals surface area contributed by atoms with E-state index in [4.69, 9.17) is 32.5 Å². The summed E-state index contributed by atoms with van der Waals surface area (Å²) in [6.45, 7) is 9.29. The molecule has 0 amide bonds. The maximum absolute atomic E-state index is 11.9. The summed E-state index contributed by atoms with van der Waals surface area (Å²) in [5.74, 6) is -0.513. The van der Waals surface area contributed by atoms with Crippen LogP contribution in [0.1, 0.15) is 47.0 Å². The van der Waals surface area contributed by atoms with Gasteiger partial charge in [0.1, 0.15) is 23.2 Å². The van der Waals surface area contributed by atoms with Crippen LogP contribution in [-0.2, 0) is 51.7 Å². The molecule has 0 N–H and O–H groups in total. The van der Waals surface area contributed by atoms with E-state index in [0.717, 1.165) is 47.3 Å². The molecule has 0 aliphatic carbocycles. The van der Waals surface area contributed by atoms with E-state index in [1.807, 2.05) is 11.8 Å². The van der Waals surface area contributed by atoms with E-state index < -0.39 is 62.9 Å². The molecule has 0 spiro atoms. The van der Waals surface area contributed by atoms with Crippen LogP contribution in [0.25, 0.3) is 0 Å². The fourth-order valence-corrected chi connectivity index (χ4v) is 6.69. The number of hydrogen-bond donors (Lipinski definition) is 0. The van der Waals surface area contributed by atoms with Crippen molar-refractivity contribution in [3.05, 3.63) is 0 Å². The summed E-state index contributed by atoms with van der Waals surface area (Å²) in [6.07, 6.45) is -2.95. The maximum atomic E-state index is 11.9. The van der Waals surface area contributed by atoms with Gasteiger partial charge >= 0.3 is 23.9 Å². The Morgan fingerprint density at radius 1 is 0.811 bits per heavy atom. The summed E-state index contributed by atoms with van der Waals surface area (Å²) < 4.78 is 38.7. The predicted molar refractivity (Wildman–Crippen MR) is 142 cm³/mol. The number of unbranched alkanes of at least 4 members (excludes halogenated alkanes) is 1. The van der Waals surface area contributed by atoms with Gasteiger partial charge in [-0.05, 0) is 49.9 Å². The van der Waals surface area contributed by atoms with E-state index in [9.17, 15) is 19.2 Å². The molecule has 1 fully saturated rings. The molecule has 2 unspecified atom stereocenters. The van der Waals surface area contributed by atoms with Crippen LogP contribution in [0.3, 0.4) is 0 Å². The molecule has 1 aliphatic heterocycles. The van der Waals surface area contributed by atoms with Gasteiger partial charge in [-0.3, -0.25) is 19.2 Å². The summed E-state index contributed by atoms with van der Waals surface area (Å²) in [7, 11) is -0.656. The van der Waals surface area contributed by atoms with Gasteiger partial charge in [0.05, 0.1) is 0 Å². The Morgan fingerprint density at radius 2 is 1.38 bits per heavy atom. The second-order valence-corrected chi connectivity index (χ2v) is 16.2. The van der Waals surface area contributed by atoms with Crippen LogP contribution in [0, 0.1) is 0 Å². The Morgan fingerprint density at radius 3 is 1.95 bits per heavy atom. The molecule has 0 bridgehead atoms. The Bertz CT molecular complexity index is 752. The first-order chi connectivity index (χ1) is 17.4. The molecule has 214 valence electrons. The third kappa shape index (κ3) is 13.8. The molecule has 1 heterocycles. The lowest BCUT2D eigenvalue weighted by Gasteiger charge is -2.44. The fourth-order valence-electron chi connectivity index (χ4n) is 3.63. The van der Waals surface area contributed by atoms with Crippen LogP contribution < -0.4 is 0 Å². The van der Waals surface area contributed by atoms with Crippen molar-refractivity contribution >= 4 is 54.4 Å². The van der Waals surface area contributed by atoms with Crippen molar-refractivity contribution in [2.24, 2.45) is 0 Å². The topological polar surface area (TPSA) is 133 Å². The second-order valence-electron chi connectivity index (χ2n) is 9.33. The second kappa shape index (κ2) is 17.2. The van der Waals surface area contributed by atoms with Crippen LogP contribution in [0.15, 0.2) is 0 Å². The lowest BCUT2D eigenvalue weighted by Crippen LogP contribution is -2.63. The van der Waals surface area contributed by atoms with Crippen LogP contribution in [0.4, 0.5) is 0 Å². The fraction of sp³-hybridized carbons (Fsp3) is 0.826. The average Bonchev–Trinajstić information content (AvgIpc) is 2.79. The zero-order valence-electron chi connectivity index (χ0n) is 22.9. The Labute approximate surface area is 227 Å². The molecule has 1 aliphatic rings. The summed E-state index contributed by atoms with van der Waals surface area (Å²) >= 11 is 1.89. The normalized spacial score (nSPS) is 23.8. The molecular formula is C23H42O11SSi2. The van der Waals surface area contributed by atoms with Gasteiger partial charge in [0, 0.05) is 34.3 Å². The Hall–Kier alpha value is -1.46. The van der Waals surface area contributed by atoms with E-state index in [1.54, 1.807) is 0 Å². The number of carbonyl (C=O) groups excluding carboxylic acids is 4. The van der Waals surface area contributed by atoms with Gasteiger partial charge in [-0.25, -0.2) is 0 Å². The van der Waals surface area contributed by atoms with Gasteiger partial charge in [0.15, 0.2) is 32.9 Å². The van der Waals surface area contributed by atoms with Crippen molar-refractivity contribution in [3.8, 4) is 0 Å². The monoisotopic (exact) mass is 582 g/mol. The number of hydrogen-bond acceptors (Lipinski definition) is 12. The minimum atomic E-state index is -1.45. The summed E-state index contributed by atoms with van der Waals surface area (Å²) in [6, 6.07) is 1.16. The first kappa shape index (κ1) is 33.6. The number of rotatable bonds is 16. The molecule has 0 aromatic carbocycles. The van der Waals surface area contributed by atoms with Crippen LogP contribution in [-0.4, -0.2) is 98.1 Å². The van der Waals surface area contributed by atoms with E-state index in [1.165, 1.54) is 27.7 Å². The highest BCUT2D eigenvalue weighted by Gasteiger charge is 2.52. The van der Waals surface area contributed by atoms with Crippen molar-refractivity contribution in [1.82, 2.24) is 0 Å². The third-order valence-electron chi connectivity index (χ3n) is 5.53. The van der Waals surface area contributed by atoms with E-state index in [-0.39, 0.29) is 6.61 Å². The van der Waals surface area contributed by atoms with Crippen LogP contribution >= 0.6 is 11.8 Å². The smallest absolute Gasteiger partial charge is 0.303 e. The number of esters is 4. The lowest BCUT2D eigenvalue weighted by atomic mass is 9.98. The van der Waals surface area contributed by atoms with E-state index in [2.05, 4.69) is 13.1 Å². The minimum Gasteiger partial charge on any atom is -0.463 e. The summed E-state index contributed by atoms with van der Waals surface area (Å²) in [5, 5.41) is 0. The zero-order chi connectivity index (χ0) is 28.0. The average molecular weight is 583 g/mol. The highest BCUT2D eigenvalue weighted by Crippen LogP contribution is 2.30. The van der Waals surface area contributed by atoms with Crippen molar-refractivity contribution in [2.45, 2.75) is 96.8 Å². The maximum Gasteiger partial charge on any atom is 0.303 e. The highest BCUT2D eigenvalue weighted by molar-refractivity contribution is 7.99. The molecule has 1 rings (SSSR count). The van der Waals surface area contributed by atoms with Crippen molar-refractivity contribution in [3.63, 3.8) is 0 Å². The van der Waals surface area contributed by atoms with Gasteiger partial charge < -0.3 is 32.5 Å². The van der Waals surface area contributed by atoms with E-state index >= 15 is 0 Å². The molecule has 37 heavy (non-hydrogen) atoms. The molecule has 0 aromatic rings. The van der Waals surface area contributed by atoms with Crippen LogP contribution in [0.5, 0.6) is 0 Å². The molecule has 0 aromatic heterocycles. The Balaban J connectivity index is 2.78. The molecule has 5 atom stereocenters. The molecule has 0 radical (unpaired) electrons. The van der Waals surface area contributed by atoms with Gasteiger partial charge in [0.25, 0.3) is 0 Å². The largest absolute Gasteiger partial charge is 0.463 e. The molecule has 14 heteroatoms. The van der Waals surface area contributed by atoms with Crippen molar-refractivity contribution in [1.29, 1.82) is 0 Å². The zero-order valence-corrected chi connectivity index (χ0v) is 26.8. The van der Waals surface area contributed by atoms with Crippen molar-refractivity contribution < 1.29 is 51.7 Å². The molecule has 1 saturated heterocycles. The molecule has 0 saturated carbocycles. The van der Waals surface area contributed by atoms with Gasteiger partial charge in [0.2, 0.25) is 0 Å².